The normalized spacial score (nSPS) is 16.0. The molecule has 6 heteroatoms. The van der Waals surface area contributed by atoms with Crippen molar-refractivity contribution in [2.75, 3.05) is 7.11 Å². The van der Waals surface area contributed by atoms with E-state index in [0.29, 0.717) is 11.5 Å². The van der Waals surface area contributed by atoms with Crippen molar-refractivity contribution in [3.8, 4) is 5.75 Å². The number of furan rings is 1. The van der Waals surface area contributed by atoms with Crippen LogP contribution in [0.25, 0.3) is 6.08 Å². The summed E-state index contributed by atoms with van der Waals surface area (Å²) in [5.74, 6) is 0.797. The molecule has 0 amide bonds. The lowest BCUT2D eigenvalue weighted by Crippen LogP contribution is -2.04. The number of methoxy groups -OCH3 is 1. The Morgan fingerprint density at radius 2 is 2.19 bits per heavy atom. The minimum atomic E-state index is -0.506. The number of ether oxygens (including phenoxy) is 2. The maximum absolute atomic E-state index is 11.8. The first kappa shape index (κ1) is 13.6. The monoisotopic (exact) mass is 347 g/mol. The van der Waals surface area contributed by atoms with Gasteiger partial charge in [-0.25, -0.2) is 9.79 Å². The summed E-state index contributed by atoms with van der Waals surface area (Å²) in [5, 5.41) is 0. The highest BCUT2D eigenvalue weighted by Gasteiger charge is 2.25. The molecule has 0 radical (unpaired) electrons. The molecule has 0 saturated heterocycles. The zero-order valence-electron chi connectivity index (χ0n) is 11.0. The van der Waals surface area contributed by atoms with E-state index >= 15 is 0 Å². The summed E-state index contributed by atoms with van der Waals surface area (Å²) in [6.45, 7) is 0. The molecule has 5 nitrogen and oxygen atoms in total. The van der Waals surface area contributed by atoms with Crippen LogP contribution < -0.4 is 4.74 Å². The number of carbonyl (C=O) groups is 1. The van der Waals surface area contributed by atoms with Crippen LogP contribution in [0.5, 0.6) is 5.75 Å². The molecule has 2 aromatic rings. The van der Waals surface area contributed by atoms with E-state index in [4.69, 9.17) is 13.9 Å². The molecule has 0 bridgehead atoms. The number of cyclic esters (lactones) is 1. The first-order valence-electron chi connectivity index (χ1n) is 6.07. The second-order valence-corrected chi connectivity index (χ2v) is 5.06. The van der Waals surface area contributed by atoms with Crippen LogP contribution in [0.15, 0.2) is 56.2 Å². The zero-order chi connectivity index (χ0) is 14.8. The molecule has 106 valence electrons. The fraction of sp³-hybridized carbons (Fsp3) is 0.0667. The predicted molar refractivity (Wildman–Crippen MR) is 80.0 cm³/mol. The fourth-order valence-corrected chi connectivity index (χ4v) is 2.40. The number of nitrogens with zero attached hydrogens (tertiary/aromatic N) is 1. The van der Waals surface area contributed by atoms with Gasteiger partial charge in [0.1, 0.15) is 5.75 Å². The topological polar surface area (TPSA) is 61.0 Å². The molecule has 0 spiro atoms. The molecule has 0 atom stereocenters. The van der Waals surface area contributed by atoms with Gasteiger partial charge in [0.05, 0.1) is 17.8 Å². The summed E-state index contributed by atoms with van der Waals surface area (Å²) in [7, 11) is 1.59. The van der Waals surface area contributed by atoms with Crippen LogP contribution in [-0.2, 0) is 9.53 Å². The molecular formula is C15H10BrNO4. The van der Waals surface area contributed by atoms with E-state index < -0.39 is 5.97 Å². The summed E-state index contributed by atoms with van der Waals surface area (Å²) >= 11 is 3.39. The largest absolute Gasteiger partial charge is 0.496 e. The highest BCUT2D eigenvalue weighted by Crippen LogP contribution is 2.27. The Morgan fingerprint density at radius 3 is 2.86 bits per heavy atom. The van der Waals surface area contributed by atoms with Crippen molar-refractivity contribution >= 4 is 33.9 Å². The molecule has 2 heterocycles. The number of carbonyl (C=O) groups excluding carboxylic acids is 1. The first-order valence-corrected chi connectivity index (χ1v) is 6.86. The molecule has 0 unspecified atom stereocenters. The number of benzene rings is 1. The Balaban J connectivity index is 1.92. The molecule has 1 aliphatic heterocycles. The van der Waals surface area contributed by atoms with Gasteiger partial charge in [-0.05, 0) is 51.8 Å². The van der Waals surface area contributed by atoms with Crippen LogP contribution in [0.1, 0.15) is 11.3 Å². The van der Waals surface area contributed by atoms with Gasteiger partial charge >= 0.3 is 5.97 Å². The van der Waals surface area contributed by atoms with Crippen LogP contribution in [0.4, 0.5) is 0 Å². The SMILES string of the molecule is COc1ccc(/C=C2/N=C(c3ccco3)OC2=O)cc1Br. The maximum atomic E-state index is 11.8. The second kappa shape index (κ2) is 5.57. The Hall–Kier alpha value is -2.34. The Labute approximate surface area is 129 Å². The van der Waals surface area contributed by atoms with Crippen LogP contribution in [0.2, 0.25) is 0 Å². The Bertz CT molecular complexity index is 747. The van der Waals surface area contributed by atoms with Crippen molar-refractivity contribution in [2.45, 2.75) is 0 Å². The fourth-order valence-electron chi connectivity index (χ4n) is 1.85. The number of esters is 1. The average Bonchev–Trinajstić information content (AvgIpc) is 3.10. The van der Waals surface area contributed by atoms with Gasteiger partial charge in [-0.2, -0.15) is 0 Å². The molecule has 0 N–H and O–H groups in total. The van der Waals surface area contributed by atoms with Crippen molar-refractivity contribution in [3.63, 3.8) is 0 Å². The third kappa shape index (κ3) is 2.75. The number of halogens is 1. The van der Waals surface area contributed by atoms with Gasteiger partial charge < -0.3 is 13.9 Å². The highest BCUT2D eigenvalue weighted by molar-refractivity contribution is 9.10. The van der Waals surface area contributed by atoms with E-state index in [9.17, 15) is 4.79 Å². The van der Waals surface area contributed by atoms with Crippen LogP contribution in [0, 0.1) is 0 Å². The van der Waals surface area contributed by atoms with Gasteiger partial charge in [-0.1, -0.05) is 6.07 Å². The predicted octanol–water partition coefficient (Wildman–Crippen LogP) is 3.40. The zero-order valence-corrected chi connectivity index (χ0v) is 12.6. The molecule has 3 rings (SSSR count). The molecule has 21 heavy (non-hydrogen) atoms. The minimum absolute atomic E-state index is 0.170. The quantitative estimate of drug-likeness (QED) is 0.630. The second-order valence-electron chi connectivity index (χ2n) is 4.21. The van der Waals surface area contributed by atoms with E-state index in [1.807, 2.05) is 12.1 Å². The Kier molecular flexibility index (Phi) is 3.62. The van der Waals surface area contributed by atoms with Crippen molar-refractivity contribution in [1.82, 2.24) is 0 Å². The van der Waals surface area contributed by atoms with Crippen molar-refractivity contribution in [1.29, 1.82) is 0 Å². The summed E-state index contributed by atoms with van der Waals surface area (Å²) in [5.41, 5.74) is 1.03. The molecule has 1 aliphatic rings. The molecular weight excluding hydrogens is 338 g/mol. The first-order chi connectivity index (χ1) is 10.2. The smallest absolute Gasteiger partial charge is 0.363 e. The lowest BCUT2D eigenvalue weighted by atomic mass is 10.2. The molecule has 1 aromatic carbocycles. The minimum Gasteiger partial charge on any atom is -0.496 e. The lowest BCUT2D eigenvalue weighted by molar-refractivity contribution is -0.130. The number of hydrogen-bond acceptors (Lipinski definition) is 5. The third-order valence-corrected chi connectivity index (χ3v) is 3.45. The van der Waals surface area contributed by atoms with Gasteiger partial charge in [0.25, 0.3) is 5.90 Å². The van der Waals surface area contributed by atoms with E-state index in [1.54, 1.807) is 31.4 Å². The van der Waals surface area contributed by atoms with Gasteiger partial charge in [-0.3, -0.25) is 0 Å². The van der Waals surface area contributed by atoms with Crippen molar-refractivity contribution < 1.29 is 18.7 Å². The maximum Gasteiger partial charge on any atom is 0.363 e. The lowest BCUT2D eigenvalue weighted by Gasteiger charge is -2.03. The summed E-state index contributed by atoms with van der Waals surface area (Å²) in [6, 6.07) is 8.84. The van der Waals surface area contributed by atoms with E-state index in [-0.39, 0.29) is 11.6 Å². The van der Waals surface area contributed by atoms with E-state index in [0.717, 1.165) is 10.0 Å². The van der Waals surface area contributed by atoms with E-state index in [1.165, 1.54) is 6.26 Å². The molecule has 0 fully saturated rings. The number of hydrogen-bond donors (Lipinski definition) is 0. The number of rotatable bonds is 3. The third-order valence-electron chi connectivity index (χ3n) is 2.83. The standard InChI is InChI=1S/C15H10BrNO4/c1-19-12-5-4-9(7-10(12)16)8-11-15(18)21-14(17-11)13-3-2-6-20-13/h2-8H,1H3/b11-8+. The van der Waals surface area contributed by atoms with Gasteiger partial charge in [-0.15, -0.1) is 0 Å². The van der Waals surface area contributed by atoms with Gasteiger partial charge in [0.2, 0.25) is 0 Å². The molecule has 0 aliphatic carbocycles. The summed E-state index contributed by atoms with van der Waals surface area (Å²) < 4.78 is 16.2. The molecule has 1 aromatic heterocycles. The van der Waals surface area contributed by atoms with Crippen molar-refractivity contribution in [2.24, 2.45) is 4.99 Å². The number of aliphatic imine (C=N–C) groups is 1. The summed E-state index contributed by atoms with van der Waals surface area (Å²) in [4.78, 5) is 16.0. The Morgan fingerprint density at radius 1 is 1.33 bits per heavy atom. The summed E-state index contributed by atoms with van der Waals surface area (Å²) in [6.07, 6.45) is 3.14. The van der Waals surface area contributed by atoms with Crippen molar-refractivity contribution in [3.05, 3.63) is 58.1 Å². The van der Waals surface area contributed by atoms with Crippen LogP contribution >= 0.6 is 15.9 Å². The van der Waals surface area contributed by atoms with Gasteiger partial charge in [0, 0.05) is 0 Å². The van der Waals surface area contributed by atoms with E-state index in [2.05, 4.69) is 20.9 Å². The van der Waals surface area contributed by atoms with Crippen LogP contribution in [0.3, 0.4) is 0 Å². The highest BCUT2D eigenvalue weighted by atomic mass is 79.9. The van der Waals surface area contributed by atoms with Gasteiger partial charge in [0.15, 0.2) is 11.5 Å². The molecule has 0 saturated carbocycles. The average molecular weight is 348 g/mol. The van der Waals surface area contributed by atoms with Crippen LogP contribution in [-0.4, -0.2) is 19.0 Å².